The van der Waals surface area contributed by atoms with Crippen LogP contribution in [0, 0.1) is 0 Å². The summed E-state index contributed by atoms with van der Waals surface area (Å²) in [5.41, 5.74) is 4.06. The number of hydrogen-bond acceptors (Lipinski definition) is 7. The van der Waals surface area contributed by atoms with Crippen molar-refractivity contribution in [2.45, 2.75) is 50.0 Å². The number of imidazole rings is 1. The first-order valence-electron chi connectivity index (χ1n) is 13.6. The number of halogens is 9. The molecule has 0 radical (unpaired) electrons. The zero-order valence-electron chi connectivity index (χ0n) is 24.8. The number of alkyl halides is 9. The highest BCUT2D eigenvalue weighted by molar-refractivity contribution is 7.07. The third-order valence-electron chi connectivity index (χ3n) is 7.13. The van der Waals surface area contributed by atoms with Crippen molar-refractivity contribution in [1.82, 2.24) is 19.4 Å². The first kappa shape index (κ1) is 40.0. The van der Waals surface area contributed by atoms with Gasteiger partial charge in [0.1, 0.15) is 5.82 Å². The van der Waals surface area contributed by atoms with Crippen LogP contribution in [-0.4, -0.2) is 97.8 Å². The average Bonchev–Trinajstić information content (AvgIpc) is 3.67. The van der Waals surface area contributed by atoms with Crippen LogP contribution in [0.5, 0.6) is 0 Å². The minimum absolute atomic E-state index is 0.0798. The minimum Gasteiger partial charge on any atom is -0.475 e. The molecule has 5 rings (SSSR count). The van der Waals surface area contributed by atoms with E-state index in [1.54, 1.807) is 11.3 Å². The molecular formula is C28H29F9N4O6S. The summed E-state index contributed by atoms with van der Waals surface area (Å²) in [5, 5.41) is 25.8. The highest BCUT2D eigenvalue weighted by Crippen LogP contribution is 2.41. The molecule has 2 aliphatic heterocycles. The van der Waals surface area contributed by atoms with Gasteiger partial charge in [-0.25, -0.2) is 19.4 Å². The normalized spacial score (nSPS) is 16.2. The number of fused-ring (bicyclic) bond motifs is 2. The summed E-state index contributed by atoms with van der Waals surface area (Å²) >= 11 is 1.79. The van der Waals surface area contributed by atoms with Crippen molar-refractivity contribution in [1.29, 1.82) is 0 Å². The van der Waals surface area contributed by atoms with Crippen molar-refractivity contribution in [2.75, 3.05) is 26.7 Å². The van der Waals surface area contributed by atoms with E-state index in [1.807, 2.05) is 0 Å². The molecule has 2 aliphatic rings. The minimum atomic E-state index is -5.08. The fourth-order valence-electron chi connectivity index (χ4n) is 4.77. The summed E-state index contributed by atoms with van der Waals surface area (Å²) in [4.78, 5) is 36.8. The molecule has 1 spiro atoms. The molecule has 1 aromatic carbocycles. The van der Waals surface area contributed by atoms with Crippen LogP contribution < -0.4 is 0 Å². The number of hydrogen-bond donors (Lipinski definition) is 3. The molecule has 4 heterocycles. The predicted octanol–water partition coefficient (Wildman–Crippen LogP) is 5.95. The monoisotopic (exact) mass is 720 g/mol. The van der Waals surface area contributed by atoms with Crippen molar-refractivity contribution in [2.24, 2.45) is 0 Å². The molecule has 20 heteroatoms. The van der Waals surface area contributed by atoms with E-state index in [-0.39, 0.29) is 5.54 Å². The number of carboxylic acid groups (broad SMARTS) is 3. The second-order valence-electron chi connectivity index (χ2n) is 10.3. The van der Waals surface area contributed by atoms with Crippen LogP contribution in [0.15, 0.2) is 53.4 Å². The number of likely N-dealkylation sites (N-methyl/N-ethyl adjacent to an activating group) is 1. The Morgan fingerprint density at radius 1 is 0.792 bits per heavy atom. The van der Waals surface area contributed by atoms with Crippen molar-refractivity contribution in [3.05, 3.63) is 64.7 Å². The van der Waals surface area contributed by atoms with E-state index in [0.717, 1.165) is 45.6 Å². The maximum atomic E-state index is 10.6. The molecule has 0 bridgehead atoms. The van der Waals surface area contributed by atoms with Crippen LogP contribution in [0.3, 0.4) is 0 Å². The van der Waals surface area contributed by atoms with Gasteiger partial charge in [0, 0.05) is 32.7 Å². The van der Waals surface area contributed by atoms with Gasteiger partial charge in [0.2, 0.25) is 0 Å². The van der Waals surface area contributed by atoms with Crippen molar-refractivity contribution >= 4 is 29.2 Å². The molecule has 0 saturated carbocycles. The van der Waals surface area contributed by atoms with Crippen molar-refractivity contribution in [3.8, 4) is 11.3 Å². The Labute approximate surface area is 270 Å². The Balaban J connectivity index is 0.000000313. The third-order valence-corrected chi connectivity index (χ3v) is 7.86. The van der Waals surface area contributed by atoms with Crippen molar-refractivity contribution < 1.29 is 69.2 Å². The number of aliphatic carboxylic acids is 3. The first-order chi connectivity index (χ1) is 22.1. The zero-order chi connectivity index (χ0) is 36.5. The van der Waals surface area contributed by atoms with Gasteiger partial charge in [-0.3, -0.25) is 9.80 Å². The van der Waals surface area contributed by atoms with Gasteiger partial charge in [-0.1, -0.05) is 30.3 Å². The molecule has 3 aromatic rings. The second kappa shape index (κ2) is 16.3. The van der Waals surface area contributed by atoms with E-state index in [2.05, 4.69) is 74.8 Å². The first-order valence-corrected chi connectivity index (χ1v) is 14.5. The number of rotatable bonds is 3. The summed E-state index contributed by atoms with van der Waals surface area (Å²) in [6, 6.07) is 12.9. The molecule has 0 atom stereocenters. The lowest BCUT2D eigenvalue weighted by Gasteiger charge is -2.49. The van der Waals surface area contributed by atoms with E-state index in [1.165, 1.54) is 22.6 Å². The lowest BCUT2D eigenvalue weighted by Crippen LogP contribution is -2.56. The predicted molar refractivity (Wildman–Crippen MR) is 152 cm³/mol. The second-order valence-corrected chi connectivity index (χ2v) is 11.0. The molecule has 10 nitrogen and oxygen atoms in total. The molecule has 3 N–H and O–H groups in total. The van der Waals surface area contributed by atoms with Crippen LogP contribution >= 0.6 is 11.3 Å². The average molecular weight is 721 g/mol. The SMILES string of the molecule is CN1CCn2c(-c3ccccc3)cnc2C12CCN(Cc1ccsc1)CC2.O=C(O)C(F)(F)F.O=C(O)C(F)(F)F.O=C(O)C(F)(F)F. The third kappa shape index (κ3) is 11.2. The molecule has 0 unspecified atom stereocenters. The van der Waals surface area contributed by atoms with Crippen LogP contribution in [0.1, 0.15) is 24.2 Å². The van der Waals surface area contributed by atoms with Gasteiger partial charge in [0.25, 0.3) is 0 Å². The number of carbonyl (C=O) groups is 3. The summed E-state index contributed by atoms with van der Waals surface area (Å²) < 4.78 is 97.7. The fourth-order valence-corrected chi connectivity index (χ4v) is 5.43. The van der Waals surface area contributed by atoms with Gasteiger partial charge < -0.3 is 19.9 Å². The van der Waals surface area contributed by atoms with E-state index in [0.29, 0.717) is 0 Å². The van der Waals surface area contributed by atoms with Crippen LogP contribution in [0.2, 0.25) is 0 Å². The maximum absolute atomic E-state index is 10.6. The van der Waals surface area contributed by atoms with Crippen LogP contribution in [0.4, 0.5) is 39.5 Å². The Hall–Kier alpha value is -4.17. The number of likely N-dealkylation sites (tertiary alicyclic amines) is 1. The van der Waals surface area contributed by atoms with Crippen molar-refractivity contribution in [3.63, 3.8) is 0 Å². The van der Waals surface area contributed by atoms with E-state index in [4.69, 9.17) is 34.7 Å². The Morgan fingerprint density at radius 3 is 1.69 bits per heavy atom. The van der Waals surface area contributed by atoms with Gasteiger partial charge in [0.15, 0.2) is 0 Å². The van der Waals surface area contributed by atoms with Crippen LogP contribution in [0.25, 0.3) is 11.3 Å². The molecule has 1 fully saturated rings. The Morgan fingerprint density at radius 2 is 1.27 bits per heavy atom. The lowest BCUT2D eigenvalue weighted by molar-refractivity contribution is -0.193. The highest BCUT2D eigenvalue weighted by atomic mass is 32.1. The van der Waals surface area contributed by atoms with Gasteiger partial charge in [-0.05, 0) is 47.8 Å². The molecule has 2 aromatic heterocycles. The van der Waals surface area contributed by atoms with E-state index in [9.17, 15) is 39.5 Å². The largest absolute Gasteiger partial charge is 0.490 e. The topological polar surface area (TPSA) is 136 Å². The summed E-state index contributed by atoms with van der Waals surface area (Å²) in [5.74, 6) is -7.00. The fraction of sp³-hybridized carbons (Fsp3) is 0.429. The van der Waals surface area contributed by atoms with E-state index >= 15 is 0 Å². The standard InChI is InChI=1S/C22H26N4S.3C2HF3O2/c1-24-12-13-26-20(19-5-3-2-4-6-19)15-23-21(26)22(24)8-10-25(11-9-22)16-18-7-14-27-17-18;3*3-2(4,5)1(6)7/h2-7,14-15,17H,8-13,16H2,1H3;3*(H,6,7). The Kier molecular flexibility index (Phi) is 13.6. The molecular weight excluding hydrogens is 691 g/mol. The smallest absolute Gasteiger partial charge is 0.475 e. The summed E-state index contributed by atoms with van der Waals surface area (Å²) in [6.07, 6.45) is -10.9. The number of piperidine rings is 1. The molecule has 48 heavy (non-hydrogen) atoms. The van der Waals surface area contributed by atoms with Gasteiger partial charge >= 0.3 is 36.4 Å². The summed E-state index contributed by atoms with van der Waals surface area (Å²) in [6.45, 7) is 5.46. The van der Waals surface area contributed by atoms with Gasteiger partial charge in [-0.2, -0.15) is 50.9 Å². The van der Waals surface area contributed by atoms with E-state index < -0.39 is 36.4 Å². The van der Waals surface area contributed by atoms with Gasteiger partial charge in [-0.15, -0.1) is 0 Å². The molecule has 266 valence electrons. The highest BCUT2D eigenvalue weighted by Gasteiger charge is 2.45. The maximum Gasteiger partial charge on any atom is 0.490 e. The number of carboxylic acids is 3. The number of thiophene rings is 1. The Bertz CT molecular complexity index is 1430. The number of benzene rings is 1. The molecule has 0 aliphatic carbocycles. The van der Waals surface area contributed by atoms with Crippen LogP contribution in [-0.2, 0) is 33.0 Å². The summed E-state index contributed by atoms with van der Waals surface area (Å²) in [7, 11) is 2.29. The molecule has 1 saturated heterocycles. The van der Waals surface area contributed by atoms with Gasteiger partial charge in [0.05, 0.1) is 17.4 Å². The quantitative estimate of drug-likeness (QED) is 0.281. The number of nitrogens with zero attached hydrogens (tertiary/aromatic N) is 4. The molecule has 0 amide bonds. The zero-order valence-corrected chi connectivity index (χ0v) is 25.6. The lowest BCUT2D eigenvalue weighted by atomic mass is 9.83. The number of aromatic nitrogens is 2.